The Morgan fingerprint density at radius 1 is 1.38 bits per heavy atom. The van der Waals surface area contributed by atoms with Crippen LogP contribution in [0, 0.1) is 17.8 Å². The quantitative estimate of drug-likeness (QED) is 0.896. The Labute approximate surface area is 125 Å². The molecule has 2 aliphatic rings. The Hall–Kier alpha value is -1.71. The highest BCUT2D eigenvalue weighted by molar-refractivity contribution is 5.97. The molecule has 2 aliphatic carbocycles. The fourth-order valence-electron chi connectivity index (χ4n) is 4.12. The molecule has 4 heteroatoms. The molecule has 0 radical (unpaired) electrons. The Kier molecular flexibility index (Phi) is 3.79. The van der Waals surface area contributed by atoms with Crippen LogP contribution in [0.5, 0.6) is 11.5 Å². The fourth-order valence-corrected chi connectivity index (χ4v) is 4.12. The van der Waals surface area contributed by atoms with Gasteiger partial charge < -0.3 is 15.2 Å². The van der Waals surface area contributed by atoms with Crippen LogP contribution in [0.15, 0.2) is 18.2 Å². The van der Waals surface area contributed by atoms with E-state index in [1.54, 1.807) is 19.2 Å². The summed E-state index contributed by atoms with van der Waals surface area (Å²) in [4.78, 5) is 12.4. The van der Waals surface area contributed by atoms with Crippen molar-refractivity contribution in [3.05, 3.63) is 23.8 Å². The molecule has 4 nitrogen and oxygen atoms in total. The van der Waals surface area contributed by atoms with Gasteiger partial charge in [0.15, 0.2) is 0 Å². The predicted octanol–water partition coefficient (Wildman–Crippen LogP) is 2.96. The van der Waals surface area contributed by atoms with E-state index < -0.39 is 0 Å². The van der Waals surface area contributed by atoms with Crippen LogP contribution in [0.3, 0.4) is 0 Å². The molecule has 1 aromatic carbocycles. The Balaban J connectivity index is 1.68. The Morgan fingerprint density at radius 3 is 2.81 bits per heavy atom. The number of fused-ring (bicyclic) bond motifs is 2. The molecular formula is C17H23NO3. The van der Waals surface area contributed by atoms with Gasteiger partial charge in [0.2, 0.25) is 0 Å². The van der Waals surface area contributed by atoms with E-state index in [0.29, 0.717) is 11.7 Å². The zero-order valence-corrected chi connectivity index (χ0v) is 12.6. The number of aromatic hydroxyl groups is 1. The Bertz CT molecular complexity index is 543. The number of phenols is 1. The van der Waals surface area contributed by atoms with Crippen LogP contribution < -0.4 is 10.1 Å². The third-order valence-corrected chi connectivity index (χ3v) is 5.24. The lowest BCUT2D eigenvalue weighted by atomic mass is 9.84. The summed E-state index contributed by atoms with van der Waals surface area (Å²) < 4.78 is 5.11. The second kappa shape index (κ2) is 5.58. The first-order chi connectivity index (χ1) is 10.1. The van der Waals surface area contributed by atoms with Crippen LogP contribution in [0.2, 0.25) is 0 Å². The van der Waals surface area contributed by atoms with Crippen molar-refractivity contribution in [2.24, 2.45) is 17.8 Å². The standard InChI is InChI=1S/C17H23NO3/c1-10(14-8-11-3-4-12(14)7-11)18-17(20)15-9-13(21-2)5-6-16(15)19/h5-6,9-12,14,19H,3-4,7-8H2,1-2H3,(H,18,20). The van der Waals surface area contributed by atoms with Crippen molar-refractivity contribution in [3.8, 4) is 11.5 Å². The van der Waals surface area contributed by atoms with Crippen molar-refractivity contribution in [1.29, 1.82) is 0 Å². The second-order valence-electron chi connectivity index (χ2n) is 6.48. The van der Waals surface area contributed by atoms with E-state index in [-0.39, 0.29) is 23.3 Å². The number of methoxy groups -OCH3 is 1. The maximum absolute atomic E-state index is 12.4. The minimum absolute atomic E-state index is 0.00607. The van der Waals surface area contributed by atoms with Crippen LogP contribution in [0.1, 0.15) is 43.0 Å². The molecule has 0 aromatic heterocycles. The van der Waals surface area contributed by atoms with E-state index in [0.717, 1.165) is 11.8 Å². The summed E-state index contributed by atoms with van der Waals surface area (Å²) >= 11 is 0. The SMILES string of the molecule is COc1ccc(O)c(C(=O)NC(C)C2CC3CCC2C3)c1. The number of amides is 1. The van der Waals surface area contributed by atoms with Gasteiger partial charge in [-0.15, -0.1) is 0 Å². The van der Waals surface area contributed by atoms with Gasteiger partial charge >= 0.3 is 0 Å². The van der Waals surface area contributed by atoms with Crippen LogP contribution in [0.4, 0.5) is 0 Å². The molecule has 2 bridgehead atoms. The highest BCUT2D eigenvalue weighted by Crippen LogP contribution is 2.49. The third kappa shape index (κ3) is 2.71. The van der Waals surface area contributed by atoms with Gasteiger partial charge in [0.05, 0.1) is 12.7 Å². The van der Waals surface area contributed by atoms with Crippen LogP contribution >= 0.6 is 0 Å². The van der Waals surface area contributed by atoms with E-state index in [1.807, 2.05) is 0 Å². The first-order valence-corrected chi connectivity index (χ1v) is 7.76. The van der Waals surface area contributed by atoms with Gasteiger partial charge in [0.25, 0.3) is 5.91 Å². The molecule has 3 rings (SSSR count). The molecule has 114 valence electrons. The number of phenolic OH excluding ortho intramolecular Hbond substituents is 1. The van der Waals surface area contributed by atoms with Crippen molar-refractivity contribution >= 4 is 5.91 Å². The minimum atomic E-state index is -0.221. The molecule has 2 N–H and O–H groups in total. The molecule has 21 heavy (non-hydrogen) atoms. The fraction of sp³-hybridized carbons (Fsp3) is 0.588. The lowest BCUT2D eigenvalue weighted by molar-refractivity contribution is 0.0912. The lowest BCUT2D eigenvalue weighted by Crippen LogP contribution is -2.40. The summed E-state index contributed by atoms with van der Waals surface area (Å²) in [5.41, 5.74) is 0.282. The van der Waals surface area contributed by atoms with Crippen molar-refractivity contribution in [1.82, 2.24) is 5.32 Å². The second-order valence-corrected chi connectivity index (χ2v) is 6.48. The van der Waals surface area contributed by atoms with Crippen LogP contribution in [0.25, 0.3) is 0 Å². The van der Waals surface area contributed by atoms with E-state index >= 15 is 0 Å². The van der Waals surface area contributed by atoms with Gasteiger partial charge in [0.1, 0.15) is 11.5 Å². The summed E-state index contributed by atoms with van der Waals surface area (Å²) in [7, 11) is 1.55. The predicted molar refractivity (Wildman–Crippen MR) is 80.5 cm³/mol. The molecule has 2 fully saturated rings. The van der Waals surface area contributed by atoms with Crippen LogP contribution in [-0.4, -0.2) is 24.2 Å². The van der Waals surface area contributed by atoms with Gasteiger partial charge in [0, 0.05) is 6.04 Å². The minimum Gasteiger partial charge on any atom is -0.507 e. The molecule has 4 atom stereocenters. The van der Waals surface area contributed by atoms with Gasteiger partial charge in [-0.05, 0) is 62.1 Å². The van der Waals surface area contributed by atoms with E-state index in [4.69, 9.17) is 4.74 Å². The normalized spacial score (nSPS) is 28.4. The topological polar surface area (TPSA) is 58.6 Å². The number of carbonyl (C=O) groups excluding carboxylic acids is 1. The zero-order chi connectivity index (χ0) is 15.0. The summed E-state index contributed by atoms with van der Waals surface area (Å²) in [6.45, 7) is 2.08. The van der Waals surface area contributed by atoms with E-state index in [9.17, 15) is 9.90 Å². The summed E-state index contributed by atoms with van der Waals surface area (Å²) in [5.74, 6) is 2.56. The highest BCUT2D eigenvalue weighted by atomic mass is 16.5. The largest absolute Gasteiger partial charge is 0.507 e. The number of hydrogen-bond acceptors (Lipinski definition) is 3. The van der Waals surface area contributed by atoms with Crippen LogP contribution in [-0.2, 0) is 0 Å². The molecule has 0 aliphatic heterocycles. The zero-order valence-electron chi connectivity index (χ0n) is 12.6. The first kappa shape index (κ1) is 14.2. The molecular weight excluding hydrogens is 266 g/mol. The van der Waals surface area contributed by atoms with Crippen molar-refractivity contribution in [2.45, 2.75) is 38.6 Å². The lowest BCUT2D eigenvalue weighted by Gasteiger charge is -2.28. The van der Waals surface area contributed by atoms with E-state index in [2.05, 4.69) is 12.2 Å². The molecule has 0 spiro atoms. The average Bonchev–Trinajstić information content (AvgIpc) is 3.10. The first-order valence-electron chi connectivity index (χ1n) is 7.76. The molecule has 2 saturated carbocycles. The van der Waals surface area contributed by atoms with Gasteiger partial charge in [-0.3, -0.25) is 4.79 Å². The number of ether oxygens (including phenoxy) is 1. The maximum atomic E-state index is 12.4. The molecule has 0 saturated heterocycles. The average molecular weight is 289 g/mol. The number of rotatable bonds is 4. The smallest absolute Gasteiger partial charge is 0.255 e. The van der Waals surface area contributed by atoms with Crippen molar-refractivity contribution in [2.75, 3.05) is 7.11 Å². The van der Waals surface area contributed by atoms with Gasteiger partial charge in [-0.25, -0.2) is 0 Å². The van der Waals surface area contributed by atoms with E-state index in [1.165, 1.54) is 31.7 Å². The van der Waals surface area contributed by atoms with Crippen molar-refractivity contribution in [3.63, 3.8) is 0 Å². The number of benzene rings is 1. The summed E-state index contributed by atoms with van der Waals surface area (Å²) in [5, 5.41) is 12.9. The molecule has 0 heterocycles. The summed E-state index contributed by atoms with van der Waals surface area (Å²) in [6.07, 6.45) is 5.23. The Morgan fingerprint density at radius 2 is 2.19 bits per heavy atom. The van der Waals surface area contributed by atoms with Gasteiger partial charge in [-0.1, -0.05) is 6.42 Å². The molecule has 1 aromatic rings. The summed E-state index contributed by atoms with van der Waals surface area (Å²) in [6, 6.07) is 4.87. The van der Waals surface area contributed by atoms with Gasteiger partial charge in [-0.2, -0.15) is 0 Å². The number of nitrogens with one attached hydrogen (secondary N) is 1. The number of carbonyl (C=O) groups is 1. The highest BCUT2D eigenvalue weighted by Gasteiger charge is 2.42. The maximum Gasteiger partial charge on any atom is 0.255 e. The molecule has 4 unspecified atom stereocenters. The molecule has 1 amide bonds. The third-order valence-electron chi connectivity index (χ3n) is 5.24. The monoisotopic (exact) mass is 289 g/mol. The van der Waals surface area contributed by atoms with Crippen molar-refractivity contribution < 1.29 is 14.6 Å². The number of hydrogen-bond donors (Lipinski definition) is 2.